The normalized spacial score (nSPS) is 10.6. The van der Waals surface area contributed by atoms with Gasteiger partial charge in [-0.2, -0.15) is 0 Å². The van der Waals surface area contributed by atoms with Gasteiger partial charge in [0.15, 0.2) is 0 Å². The zero-order chi connectivity index (χ0) is 21.1. The van der Waals surface area contributed by atoms with Crippen molar-refractivity contribution in [2.75, 3.05) is 0 Å². The average molecular weight is 418 g/mol. The van der Waals surface area contributed by atoms with E-state index in [9.17, 15) is 9.59 Å². The van der Waals surface area contributed by atoms with Gasteiger partial charge in [0.1, 0.15) is 5.69 Å². The molecule has 0 radical (unpaired) electrons. The van der Waals surface area contributed by atoms with E-state index in [0.29, 0.717) is 32.9 Å². The number of rotatable bonds is 3. The van der Waals surface area contributed by atoms with Gasteiger partial charge in [-0.3, -0.25) is 25.4 Å². The number of para-hydroxylation sites is 1. The van der Waals surface area contributed by atoms with E-state index in [1.807, 2.05) is 30.3 Å². The number of nitrogens with zero attached hydrogens (tertiary/aromatic N) is 3. The summed E-state index contributed by atoms with van der Waals surface area (Å²) in [4.78, 5) is 37.8. The summed E-state index contributed by atoms with van der Waals surface area (Å²) in [5.74, 6) is -1.04. The fourth-order valence-corrected chi connectivity index (χ4v) is 3.01. The lowest BCUT2D eigenvalue weighted by Gasteiger charge is -2.11. The summed E-state index contributed by atoms with van der Waals surface area (Å²) >= 11 is 5.97. The van der Waals surface area contributed by atoms with Crippen LogP contribution in [0.1, 0.15) is 26.5 Å². The first-order chi connectivity index (χ1) is 14.5. The molecule has 0 fully saturated rings. The number of carbonyl (C=O) groups is 2. The number of hydrogen-bond acceptors (Lipinski definition) is 5. The smallest absolute Gasteiger partial charge is 0.267 e. The molecule has 148 valence electrons. The quantitative estimate of drug-likeness (QED) is 0.495. The third-order valence-corrected chi connectivity index (χ3v) is 4.66. The van der Waals surface area contributed by atoms with E-state index in [0.717, 1.165) is 5.56 Å². The second-order valence-corrected chi connectivity index (χ2v) is 6.97. The van der Waals surface area contributed by atoms with Gasteiger partial charge in [-0.25, -0.2) is 9.97 Å². The van der Waals surface area contributed by atoms with E-state index in [-0.39, 0.29) is 5.69 Å². The summed E-state index contributed by atoms with van der Waals surface area (Å²) < 4.78 is 0. The Morgan fingerprint density at radius 3 is 2.37 bits per heavy atom. The van der Waals surface area contributed by atoms with Gasteiger partial charge in [-0.15, -0.1) is 0 Å². The Balaban J connectivity index is 1.63. The van der Waals surface area contributed by atoms with Crippen molar-refractivity contribution in [2.45, 2.75) is 6.92 Å². The molecule has 8 heteroatoms. The lowest BCUT2D eigenvalue weighted by Crippen LogP contribution is -2.42. The molecule has 30 heavy (non-hydrogen) atoms. The number of fused-ring (bicyclic) bond motifs is 1. The van der Waals surface area contributed by atoms with Crippen LogP contribution in [0.2, 0.25) is 5.02 Å². The highest BCUT2D eigenvalue weighted by Crippen LogP contribution is 2.25. The maximum absolute atomic E-state index is 12.9. The predicted octanol–water partition coefficient (Wildman–Crippen LogP) is 3.73. The van der Waals surface area contributed by atoms with Gasteiger partial charge in [0.2, 0.25) is 0 Å². The maximum atomic E-state index is 12.9. The second kappa shape index (κ2) is 8.26. The number of nitrogens with one attached hydrogen (secondary N) is 2. The summed E-state index contributed by atoms with van der Waals surface area (Å²) in [5, 5.41) is 1.27. The van der Waals surface area contributed by atoms with Crippen LogP contribution in [0.3, 0.4) is 0 Å². The Kier molecular flexibility index (Phi) is 5.36. The number of aryl methyl sites for hydroxylation is 1. The van der Waals surface area contributed by atoms with Crippen LogP contribution < -0.4 is 10.9 Å². The molecule has 2 heterocycles. The third kappa shape index (κ3) is 4.11. The molecule has 0 saturated heterocycles. The first-order valence-corrected chi connectivity index (χ1v) is 9.44. The minimum absolute atomic E-state index is 0.0994. The van der Waals surface area contributed by atoms with E-state index >= 15 is 0 Å². The molecule has 0 spiro atoms. The highest BCUT2D eigenvalue weighted by molar-refractivity contribution is 6.30. The monoisotopic (exact) mass is 417 g/mol. The lowest BCUT2D eigenvalue weighted by molar-refractivity contribution is 0.0844. The summed E-state index contributed by atoms with van der Waals surface area (Å²) in [7, 11) is 0. The lowest BCUT2D eigenvalue weighted by atomic mass is 10.0. The number of benzene rings is 2. The van der Waals surface area contributed by atoms with Crippen molar-refractivity contribution < 1.29 is 9.59 Å². The molecule has 2 amide bonds. The van der Waals surface area contributed by atoms with Crippen molar-refractivity contribution in [3.05, 3.63) is 89.0 Å². The first-order valence-electron chi connectivity index (χ1n) is 9.06. The molecule has 2 N–H and O–H groups in total. The number of hydrogen-bond donors (Lipinski definition) is 2. The number of pyridine rings is 1. The zero-order valence-electron chi connectivity index (χ0n) is 15.9. The molecule has 0 aliphatic carbocycles. The molecule has 0 aliphatic rings. The predicted molar refractivity (Wildman–Crippen MR) is 114 cm³/mol. The number of carbonyl (C=O) groups excluding carboxylic acids is 2. The van der Waals surface area contributed by atoms with Crippen molar-refractivity contribution in [3.63, 3.8) is 0 Å². The maximum Gasteiger partial charge on any atom is 0.289 e. The van der Waals surface area contributed by atoms with Crippen molar-refractivity contribution in [1.82, 2.24) is 25.8 Å². The van der Waals surface area contributed by atoms with Gasteiger partial charge in [-0.05, 0) is 31.2 Å². The minimum Gasteiger partial charge on any atom is -0.267 e. The van der Waals surface area contributed by atoms with Crippen LogP contribution in [0.25, 0.3) is 22.2 Å². The molecule has 2 aromatic heterocycles. The molecule has 0 saturated carbocycles. The summed E-state index contributed by atoms with van der Waals surface area (Å²) in [6, 6.07) is 16.2. The SMILES string of the molecule is Cc1cnc(C(=O)NNC(=O)c2cc(-c3ccc(Cl)cc3)nc3ccccc23)cn1. The zero-order valence-corrected chi connectivity index (χ0v) is 16.6. The Morgan fingerprint density at radius 2 is 1.63 bits per heavy atom. The molecule has 2 aromatic carbocycles. The van der Waals surface area contributed by atoms with Crippen LogP contribution in [-0.2, 0) is 0 Å². The summed E-state index contributed by atoms with van der Waals surface area (Å²) in [6.45, 7) is 1.77. The molecule has 7 nitrogen and oxygen atoms in total. The fraction of sp³-hybridized carbons (Fsp3) is 0.0455. The van der Waals surface area contributed by atoms with E-state index in [1.165, 1.54) is 12.4 Å². The fourth-order valence-electron chi connectivity index (χ4n) is 2.89. The third-order valence-electron chi connectivity index (χ3n) is 4.40. The van der Waals surface area contributed by atoms with Crippen LogP contribution in [-0.4, -0.2) is 26.8 Å². The van der Waals surface area contributed by atoms with Gasteiger partial charge < -0.3 is 0 Å². The first kappa shape index (κ1) is 19.5. The topological polar surface area (TPSA) is 96.9 Å². The van der Waals surface area contributed by atoms with E-state index in [1.54, 1.807) is 31.2 Å². The Morgan fingerprint density at radius 1 is 0.900 bits per heavy atom. The molecule has 0 atom stereocenters. The van der Waals surface area contributed by atoms with Crippen LogP contribution in [0.15, 0.2) is 67.0 Å². The van der Waals surface area contributed by atoms with Crippen molar-refractivity contribution >= 4 is 34.3 Å². The van der Waals surface area contributed by atoms with Crippen molar-refractivity contribution in [1.29, 1.82) is 0 Å². The van der Waals surface area contributed by atoms with Crippen molar-refractivity contribution in [3.8, 4) is 11.3 Å². The molecular formula is C22H16ClN5O2. The van der Waals surface area contributed by atoms with Gasteiger partial charge >= 0.3 is 0 Å². The van der Waals surface area contributed by atoms with Gasteiger partial charge in [-0.1, -0.05) is 41.9 Å². The molecule has 0 unspecified atom stereocenters. The van der Waals surface area contributed by atoms with E-state index < -0.39 is 11.8 Å². The second-order valence-electron chi connectivity index (χ2n) is 6.53. The van der Waals surface area contributed by atoms with Gasteiger partial charge in [0.25, 0.3) is 11.8 Å². The Bertz CT molecular complexity index is 1240. The molecule has 4 aromatic rings. The Labute approximate surface area is 177 Å². The molecular weight excluding hydrogens is 402 g/mol. The van der Waals surface area contributed by atoms with Crippen molar-refractivity contribution in [2.24, 2.45) is 0 Å². The minimum atomic E-state index is -0.563. The number of aromatic nitrogens is 3. The largest absolute Gasteiger partial charge is 0.289 e. The van der Waals surface area contributed by atoms with Crippen LogP contribution in [0.4, 0.5) is 0 Å². The van der Waals surface area contributed by atoms with E-state index in [2.05, 4.69) is 25.8 Å². The number of amides is 2. The van der Waals surface area contributed by atoms with Crippen LogP contribution >= 0.6 is 11.6 Å². The Hall–Kier alpha value is -3.84. The number of hydrazine groups is 1. The van der Waals surface area contributed by atoms with Gasteiger partial charge in [0, 0.05) is 22.2 Å². The molecule has 0 bridgehead atoms. The molecule has 0 aliphatic heterocycles. The van der Waals surface area contributed by atoms with E-state index in [4.69, 9.17) is 11.6 Å². The average Bonchev–Trinajstić information content (AvgIpc) is 2.77. The highest BCUT2D eigenvalue weighted by Gasteiger charge is 2.15. The number of halogens is 1. The summed E-state index contributed by atoms with van der Waals surface area (Å²) in [5.41, 5.74) is 8.06. The summed E-state index contributed by atoms with van der Waals surface area (Å²) in [6.07, 6.45) is 2.82. The van der Waals surface area contributed by atoms with Gasteiger partial charge in [0.05, 0.1) is 28.7 Å². The standard InChI is InChI=1S/C22H16ClN5O2/c1-13-11-25-20(12-24-13)22(30)28-27-21(29)17-10-19(14-6-8-15(23)9-7-14)26-18-5-3-2-4-16(17)18/h2-12H,1H3,(H,27,29)(H,28,30). The highest BCUT2D eigenvalue weighted by atomic mass is 35.5. The van der Waals surface area contributed by atoms with Crippen LogP contribution in [0, 0.1) is 6.92 Å². The molecule has 4 rings (SSSR count). The van der Waals surface area contributed by atoms with Crippen LogP contribution in [0.5, 0.6) is 0 Å².